The van der Waals surface area contributed by atoms with Crippen molar-refractivity contribution in [2.45, 2.75) is 31.5 Å². The van der Waals surface area contributed by atoms with E-state index in [-0.39, 0.29) is 55.4 Å². The van der Waals surface area contributed by atoms with Gasteiger partial charge in [-0.1, -0.05) is 26.5 Å². The Morgan fingerprint density at radius 3 is 2.58 bits per heavy atom. The molecule has 1 aliphatic rings. The predicted octanol–water partition coefficient (Wildman–Crippen LogP) is 2.33. The van der Waals surface area contributed by atoms with Gasteiger partial charge in [-0.2, -0.15) is 4.31 Å². The maximum atomic E-state index is 13.0. The van der Waals surface area contributed by atoms with Gasteiger partial charge in [-0.3, -0.25) is 0 Å². The Kier molecular flexibility index (Phi) is 10.4. The third-order valence-electron chi connectivity index (χ3n) is 5.17. The van der Waals surface area contributed by atoms with Crippen molar-refractivity contribution in [3.8, 4) is 5.75 Å². The first-order valence-corrected chi connectivity index (χ1v) is 12.2. The van der Waals surface area contributed by atoms with Crippen molar-refractivity contribution in [2.24, 2.45) is 11.8 Å². The lowest BCUT2D eigenvalue weighted by Gasteiger charge is -2.31. The first kappa shape index (κ1) is 26.8. The number of carbonyl (C=O) groups excluding carboxylic acids is 1. The van der Waals surface area contributed by atoms with Gasteiger partial charge in [0.1, 0.15) is 12.4 Å². The molecule has 1 N–H and O–H groups in total. The minimum atomic E-state index is -3.85. The van der Waals surface area contributed by atoms with Gasteiger partial charge in [0.25, 0.3) is 0 Å². The quantitative estimate of drug-likeness (QED) is 0.336. The lowest BCUT2D eigenvalue weighted by molar-refractivity contribution is -0.163. The van der Waals surface area contributed by atoms with Crippen LogP contribution in [0.3, 0.4) is 0 Å². The number of nitrogens with zero attached hydrogens (tertiary/aromatic N) is 1. The summed E-state index contributed by atoms with van der Waals surface area (Å²) < 4.78 is 48.7. The summed E-state index contributed by atoms with van der Waals surface area (Å²) >= 11 is 0. The number of sulfonamides is 1. The first-order chi connectivity index (χ1) is 15.7. The molecule has 1 aliphatic heterocycles. The van der Waals surface area contributed by atoms with Gasteiger partial charge < -0.3 is 24.1 Å². The molecule has 0 aromatic heterocycles. The van der Waals surface area contributed by atoms with Crippen LogP contribution in [0.5, 0.6) is 5.75 Å². The highest BCUT2D eigenvalue weighted by Gasteiger charge is 2.31. The molecule has 10 heteroatoms. The number of carbonyl (C=O) groups is 1. The van der Waals surface area contributed by atoms with Crippen molar-refractivity contribution in [1.82, 2.24) is 4.31 Å². The van der Waals surface area contributed by atoms with E-state index in [1.54, 1.807) is 18.2 Å². The molecule has 0 aliphatic carbocycles. The molecular formula is C23H33NO8S. The highest BCUT2D eigenvalue weighted by molar-refractivity contribution is 7.89. The Morgan fingerprint density at radius 1 is 1.30 bits per heavy atom. The second kappa shape index (κ2) is 12.7. The fraction of sp³-hybridized carbons (Fsp3) is 0.522. The zero-order valence-corrected chi connectivity index (χ0v) is 20.1. The zero-order valence-electron chi connectivity index (χ0n) is 19.3. The second-order valence-electron chi connectivity index (χ2n) is 7.78. The number of benzene rings is 1. The van der Waals surface area contributed by atoms with Gasteiger partial charge in [0.15, 0.2) is 0 Å². The molecule has 0 bridgehead atoms. The van der Waals surface area contributed by atoms with Crippen molar-refractivity contribution >= 4 is 16.0 Å². The summed E-state index contributed by atoms with van der Waals surface area (Å²) in [5.41, 5.74) is 0. The van der Waals surface area contributed by atoms with E-state index in [1.165, 1.54) is 25.3 Å². The number of aliphatic hydroxyl groups excluding tert-OH is 1. The highest BCUT2D eigenvalue weighted by Crippen LogP contribution is 2.29. The molecule has 184 valence electrons. The number of ether oxygens (including phenoxy) is 4. The van der Waals surface area contributed by atoms with E-state index in [0.29, 0.717) is 12.2 Å². The van der Waals surface area contributed by atoms with Crippen LogP contribution in [0.1, 0.15) is 20.3 Å². The van der Waals surface area contributed by atoms with Gasteiger partial charge in [-0.05, 0) is 42.2 Å². The van der Waals surface area contributed by atoms with Crippen LogP contribution >= 0.6 is 0 Å². The van der Waals surface area contributed by atoms with E-state index in [9.17, 15) is 18.3 Å². The van der Waals surface area contributed by atoms with Gasteiger partial charge in [0.05, 0.1) is 25.2 Å². The van der Waals surface area contributed by atoms with Crippen molar-refractivity contribution in [3.05, 3.63) is 48.8 Å². The van der Waals surface area contributed by atoms with Crippen LogP contribution in [0, 0.1) is 11.8 Å². The van der Waals surface area contributed by atoms with Crippen molar-refractivity contribution in [1.29, 1.82) is 0 Å². The van der Waals surface area contributed by atoms with E-state index >= 15 is 0 Å². The molecule has 9 nitrogen and oxygen atoms in total. The summed E-state index contributed by atoms with van der Waals surface area (Å²) in [7, 11) is -2.35. The number of aliphatic hydroxyl groups is 1. The van der Waals surface area contributed by atoms with E-state index < -0.39 is 22.3 Å². The van der Waals surface area contributed by atoms with Crippen LogP contribution in [-0.4, -0.2) is 70.1 Å². The largest absolute Gasteiger partial charge is 0.497 e. The molecule has 0 spiro atoms. The minimum Gasteiger partial charge on any atom is -0.497 e. The minimum absolute atomic E-state index is 0.00108. The van der Waals surface area contributed by atoms with Crippen molar-refractivity contribution in [2.75, 3.05) is 40.0 Å². The average Bonchev–Trinajstić information content (AvgIpc) is 2.81. The molecule has 1 heterocycles. The third-order valence-corrected chi connectivity index (χ3v) is 7.08. The fourth-order valence-corrected chi connectivity index (χ4v) is 4.66. The van der Waals surface area contributed by atoms with Gasteiger partial charge in [-0.15, -0.1) is 0 Å². The van der Waals surface area contributed by atoms with E-state index in [2.05, 4.69) is 6.58 Å². The molecule has 33 heavy (non-hydrogen) atoms. The topological polar surface area (TPSA) is 112 Å². The number of methoxy groups -OCH3 is 1. The lowest BCUT2D eigenvalue weighted by atomic mass is 9.90. The van der Waals surface area contributed by atoms with Crippen molar-refractivity contribution in [3.63, 3.8) is 0 Å². The molecular weight excluding hydrogens is 450 g/mol. The lowest BCUT2D eigenvalue weighted by Crippen LogP contribution is -2.38. The molecule has 1 aromatic carbocycles. The smallest absolute Gasteiger partial charge is 0.373 e. The molecule has 0 amide bonds. The number of rotatable bonds is 13. The van der Waals surface area contributed by atoms with Gasteiger partial charge in [-0.25, -0.2) is 13.2 Å². The van der Waals surface area contributed by atoms with Crippen LogP contribution in [0.15, 0.2) is 53.7 Å². The van der Waals surface area contributed by atoms with E-state index in [0.717, 1.165) is 4.31 Å². The summed E-state index contributed by atoms with van der Waals surface area (Å²) in [5.74, 6) is 0.286. The maximum Gasteiger partial charge on any atom is 0.373 e. The average molecular weight is 484 g/mol. The molecule has 2 rings (SSSR count). The predicted molar refractivity (Wildman–Crippen MR) is 122 cm³/mol. The molecule has 0 saturated carbocycles. The third kappa shape index (κ3) is 7.56. The second-order valence-corrected chi connectivity index (χ2v) is 9.72. The van der Waals surface area contributed by atoms with Crippen LogP contribution in [0.4, 0.5) is 0 Å². The standard InChI is InChI=1S/C23H33NO8S/c1-5-13-31-23(26)21-15-18(17(2)3)16-22(32-21)30-14-11-24(10-12-25)33(27,28)20-8-6-19(29-4)7-9-20/h5-9,15,17-18,22,25H,1,10-14,16H2,2-4H3. The van der Waals surface area contributed by atoms with Gasteiger partial charge in [0, 0.05) is 19.5 Å². The summed E-state index contributed by atoms with van der Waals surface area (Å²) in [4.78, 5) is 12.3. The monoisotopic (exact) mass is 483 g/mol. The molecule has 1 aromatic rings. The molecule has 2 unspecified atom stereocenters. The van der Waals surface area contributed by atoms with E-state index in [1.807, 2.05) is 13.8 Å². The van der Waals surface area contributed by atoms with Crippen LogP contribution in [0.25, 0.3) is 0 Å². The van der Waals surface area contributed by atoms with Crippen LogP contribution in [0.2, 0.25) is 0 Å². The molecule has 0 radical (unpaired) electrons. The molecule has 0 saturated heterocycles. The van der Waals surface area contributed by atoms with Crippen LogP contribution < -0.4 is 4.74 Å². The number of allylic oxidation sites excluding steroid dienone is 1. The Bertz CT molecular complexity index is 911. The highest BCUT2D eigenvalue weighted by atomic mass is 32.2. The van der Waals surface area contributed by atoms with Gasteiger partial charge in [0.2, 0.25) is 22.1 Å². The summed E-state index contributed by atoms with van der Waals surface area (Å²) in [6.45, 7) is 7.23. The first-order valence-electron chi connectivity index (χ1n) is 10.8. The summed E-state index contributed by atoms with van der Waals surface area (Å²) in [5, 5.41) is 9.38. The molecule has 2 atom stereocenters. The Balaban J connectivity index is 2.04. The Morgan fingerprint density at radius 2 is 2.00 bits per heavy atom. The Labute approximate surface area is 195 Å². The summed E-state index contributed by atoms with van der Waals surface area (Å²) in [6, 6.07) is 6.01. The maximum absolute atomic E-state index is 13.0. The number of esters is 1. The zero-order chi connectivity index (χ0) is 24.4. The SMILES string of the molecule is C=CCOC(=O)C1=CC(C(C)C)CC(OCCN(CCO)S(=O)(=O)c2ccc(OC)cc2)O1. The number of hydrogen-bond acceptors (Lipinski definition) is 8. The van der Waals surface area contributed by atoms with Gasteiger partial charge >= 0.3 is 5.97 Å². The van der Waals surface area contributed by atoms with E-state index in [4.69, 9.17) is 18.9 Å². The van der Waals surface area contributed by atoms with Crippen LogP contribution in [-0.2, 0) is 29.0 Å². The normalized spacial score (nSPS) is 18.5. The number of hydrogen-bond donors (Lipinski definition) is 1. The summed E-state index contributed by atoms with van der Waals surface area (Å²) in [6.07, 6.45) is 2.99. The molecule has 0 fully saturated rings. The fourth-order valence-electron chi connectivity index (χ4n) is 3.25. The van der Waals surface area contributed by atoms with Crippen molar-refractivity contribution < 1.29 is 37.3 Å². The Hall–Kier alpha value is -2.40.